The van der Waals surface area contributed by atoms with Gasteiger partial charge in [-0.15, -0.1) is 10.2 Å². The SMILES string of the molecule is CCc1nc2c(-c3ccc4nn[nH]c4c3)c(-c3ccccc3OC)nc(N)n2n1. The number of aryl methyl sites for hydroxylation is 1. The number of nitrogens with one attached hydrogen (secondary N) is 1. The highest BCUT2D eigenvalue weighted by Crippen LogP contribution is 2.39. The van der Waals surface area contributed by atoms with Crippen LogP contribution in [0.1, 0.15) is 12.7 Å². The van der Waals surface area contributed by atoms with E-state index in [1.807, 2.05) is 49.4 Å². The van der Waals surface area contributed by atoms with Crippen LogP contribution in [0, 0.1) is 0 Å². The fourth-order valence-electron chi connectivity index (χ4n) is 3.45. The van der Waals surface area contributed by atoms with Crippen LogP contribution < -0.4 is 10.5 Å². The predicted molar refractivity (Wildman–Crippen MR) is 109 cm³/mol. The molecule has 144 valence electrons. The van der Waals surface area contributed by atoms with Gasteiger partial charge in [-0.25, -0.2) is 9.97 Å². The molecule has 0 fully saturated rings. The highest BCUT2D eigenvalue weighted by molar-refractivity contribution is 5.94. The van der Waals surface area contributed by atoms with Gasteiger partial charge in [0.25, 0.3) is 0 Å². The summed E-state index contributed by atoms with van der Waals surface area (Å²) >= 11 is 0. The fourth-order valence-corrected chi connectivity index (χ4v) is 3.45. The maximum Gasteiger partial charge on any atom is 0.223 e. The standard InChI is InChI=1S/C20H18N8O/c1-3-16-22-19-17(11-8-9-13-14(10-11)25-27-24-13)18(23-20(21)28(19)26-16)12-6-4-5-7-15(12)29-2/h4-10H,3H2,1-2H3,(H2,21,23)(H,24,25,27). The number of rotatable bonds is 4. The number of methoxy groups -OCH3 is 1. The zero-order chi connectivity index (χ0) is 20.0. The first-order valence-electron chi connectivity index (χ1n) is 9.19. The van der Waals surface area contributed by atoms with Crippen LogP contribution in [0.3, 0.4) is 0 Å². The molecule has 29 heavy (non-hydrogen) atoms. The van der Waals surface area contributed by atoms with Crippen LogP contribution in [-0.2, 0) is 6.42 Å². The minimum absolute atomic E-state index is 0.265. The molecule has 0 unspecified atom stereocenters. The van der Waals surface area contributed by atoms with Crippen molar-refractivity contribution in [2.45, 2.75) is 13.3 Å². The average Bonchev–Trinajstić information content (AvgIpc) is 3.40. The first kappa shape index (κ1) is 17.1. The molecule has 0 amide bonds. The number of hydrogen-bond donors (Lipinski definition) is 2. The van der Waals surface area contributed by atoms with Crippen LogP contribution in [0.2, 0.25) is 0 Å². The summed E-state index contributed by atoms with van der Waals surface area (Å²) in [6.45, 7) is 2.00. The Labute approximate surface area is 165 Å². The van der Waals surface area contributed by atoms with Crippen molar-refractivity contribution in [1.82, 2.24) is 35.0 Å². The Bertz CT molecular complexity index is 1350. The molecule has 3 heterocycles. The van der Waals surface area contributed by atoms with Gasteiger partial charge in [0.1, 0.15) is 11.3 Å². The lowest BCUT2D eigenvalue weighted by atomic mass is 9.99. The first-order valence-corrected chi connectivity index (χ1v) is 9.19. The molecule has 0 radical (unpaired) electrons. The number of anilines is 1. The molecule has 5 rings (SSSR count). The largest absolute Gasteiger partial charge is 0.496 e. The molecule has 9 heteroatoms. The number of nitrogen functional groups attached to an aromatic ring is 1. The summed E-state index contributed by atoms with van der Waals surface area (Å²) in [5, 5.41) is 15.3. The number of hydrogen-bond acceptors (Lipinski definition) is 7. The van der Waals surface area contributed by atoms with E-state index in [1.165, 1.54) is 0 Å². The molecule has 3 aromatic heterocycles. The molecule has 3 N–H and O–H groups in total. The van der Waals surface area contributed by atoms with Crippen LogP contribution in [0.15, 0.2) is 42.5 Å². The molecule has 9 nitrogen and oxygen atoms in total. The molecule has 0 bridgehead atoms. The number of aromatic nitrogens is 7. The highest BCUT2D eigenvalue weighted by Gasteiger charge is 2.22. The lowest BCUT2D eigenvalue weighted by molar-refractivity contribution is 0.416. The summed E-state index contributed by atoms with van der Waals surface area (Å²) in [5.74, 6) is 1.66. The van der Waals surface area contributed by atoms with E-state index in [9.17, 15) is 0 Å². The third-order valence-electron chi connectivity index (χ3n) is 4.85. The van der Waals surface area contributed by atoms with Gasteiger partial charge in [-0.2, -0.15) is 4.52 Å². The minimum atomic E-state index is 0.265. The van der Waals surface area contributed by atoms with Gasteiger partial charge in [-0.05, 0) is 29.8 Å². The van der Waals surface area contributed by atoms with Crippen LogP contribution in [0.25, 0.3) is 39.1 Å². The summed E-state index contributed by atoms with van der Waals surface area (Å²) in [4.78, 5) is 9.42. The van der Waals surface area contributed by atoms with Crippen molar-refractivity contribution in [3.8, 4) is 28.1 Å². The lowest BCUT2D eigenvalue weighted by Crippen LogP contribution is -2.06. The Kier molecular flexibility index (Phi) is 3.87. The minimum Gasteiger partial charge on any atom is -0.496 e. The lowest BCUT2D eigenvalue weighted by Gasteiger charge is -2.14. The van der Waals surface area contributed by atoms with E-state index < -0.39 is 0 Å². The molecule has 5 aromatic rings. The van der Waals surface area contributed by atoms with Gasteiger partial charge < -0.3 is 10.5 Å². The van der Waals surface area contributed by atoms with Gasteiger partial charge in [-0.3, -0.25) is 5.10 Å². The van der Waals surface area contributed by atoms with E-state index in [4.69, 9.17) is 15.5 Å². The monoisotopic (exact) mass is 386 g/mol. The Morgan fingerprint density at radius 3 is 2.83 bits per heavy atom. The Morgan fingerprint density at radius 2 is 2.00 bits per heavy atom. The maximum absolute atomic E-state index is 6.26. The number of para-hydroxylation sites is 1. The summed E-state index contributed by atoms with van der Waals surface area (Å²) in [6, 6.07) is 13.5. The zero-order valence-corrected chi connectivity index (χ0v) is 15.9. The molecule has 0 aliphatic rings. The number of benzene rings is 2. The molecular weight excluding hydrogens is 368 g/mol. The molecule has 0 atom stereocenters. The van der Waals surface area contributed by atoms with Gasteiger partial charge in [0.05, 0.1) is 23.9 Å². The molecule has 0 saturated carbocycles. The van der Waals surface area contributed by atoms with Crippen molar-refractivity contribution in [2.75, 3.05) is 12.8 Å². The van der Waals surface area contributed by atoms with E-state index in [1.54, 1.807) is 11.6 Å². The number of nitrogens with two attached hydrogens (primary N) is 1. The molecule has 0 spiro atoms. The molecule has 0 aliphatic carbocycles. The van der Waals surface area contributed by atoms with Crippen LogP contribution in [-0.4, -0.2) is 42.1 Å². The van der Waals surface area contributed by atoms with Gasteiger partial charge in [-0.1, -0.05) is 30.3 Å². The predicted octanol–water partition coefficient (Wildman–Crippen LogP) is 2.88. The van der Waals surface area contributed by atoms with E-state index in [2.05, 4.69) is 25.5 Å². The van der Waals surface area contributed by atoms with Crippen molar-refractivity contribution in [1.29, 1.82) is 0 Å². The molecule has 2 aromatic carbocycles. The van der Waals surface area contributed by atoms with Crippen LogP contribution >= 0.6 is 0 Å². The molecule has 0 saturated heterocycles. The highest BCUT2D eigenvalue weighted by atomic mass is 16.5. The average molecular weight is 386 g/mol. The van der Waals surface area contributed by atoms with Gasteiger partial charge >= 0.3 is 0 Å². The quantitative estimate of drug-likeness (QED) is 0.487. The van der Waals surface area contributed by atoms with Gasteiger partial charge in [0.2, 0.25) is 5.95 Å². The Balaban J connectivity index is 1.90. The number of H-pyrrole nitrogens is 1. The van der Waals surface area contributed by atoms with E-state index >= 15 is 0 Å². The number of aromatic amines is 1. The fraction of sp³-hybridized carbons (Fsp3) is 0.150. The third kappa shape index (κ3) is 2.66. The van der Waals surface area contributed by atoms with E-state index in [0.29, 0.717) is 29.3 Å². The van der Waals surface area contributed by atoms with Crippen molar-refractivity contribution in [2.24, 2.45) is 0 Å². The van der Waals surface area contributed by atoms with Crippen LogP contribution in [0.4, 0.5) is 5.95 Å². The number of ether oxygens (including phenoxy) is 1. The smallest absolute Gasteiger partial charge is 0.223 e. The van der Waals surface area contributed by atoms with Gasteiger partial charge in [0.15, 0.2) is 11.5 Å². The van der Waals surface area contributed by atoms with Crippen LogP contribution in [0.5, 0.6) is 5.75 Å². The van der Waals surface area contributed by atoms with Crippen molar-refractivity contribution in [3.05, 3.63) is 48.3 Å². The molecule has 0 aliphatic heterocycles. The second-order valence-electron chi connectivity index (χ2n) is 6.55. The summed E-state index contributed by atoms with van der Waals surface area (Å²) in [5.41, 5.74) is 11.7. The topological polar surface area (TPSA) is 120 Å². The summed E-state index contributed by atoms with van der Waals surface area (Å²) < 4.78 is 7.16. The van der Waals surface area contributed by atoms with E-state index in [0.717, 1.165) is 27.7 Å². The summed E-state index contributed by atoms with van der Waals surface area (Å²) in [6.07, 6.45) is 0.689. The van der Waals surface area contributed by atoms with Gasteiger partial charge in [0, 0.05) is 12.0 Å². The third-order valence-corrected chi connectivity index (χ3v) is 4.85. The Hall–Kier alpha value is -4.01. The first-order chi connectivity index (χ1) is 14.2. The summed E-state index contributed by atoms with van der Waals surface area (Å²) in [7, 11) is 1.63. The number of fused-ring (bicyclic) bond motifs is 2. The molecular formula is C20H18N8O. The van der Waals surface area contributed by atoms with E-state index in [-0.39, 0.29) is 5.95 Å². The second kappa shape index (κ2) is 6.55. The zero-order valence-electron chi connectivity index (χ0n) is 15.9. The normalized spacial score (nSPS) is 11.4. The number of nitrogens with zero attached hydrogens (tertiary/aromatic N) is 6. The van der Waals surface area contributed by atoms with Crippen molar-refractivity contribution < 1.29 is 4.74 Å². The maximum atomic E-state index is 6.26. The Morgan fingerprint density at radius 1 is 1.14 bits per heavy atom. The second-order valence-corrected chi connectivity index (χ2v) is 6.55. The van der Waals surface area contributed by atoms with Crippen molar-refractivity contribution >= 4 is 22.6 Å². The van der Waals surface area contributed by atoms with Crippen molar-refractivity contribution in [3.63, 3.8) is 0 Å².